The number of hydrogen-bond donors (Lipinski definition) is 1. The molecule has 1 N–H and O–H groups in total. The monoisotopic (exact) mass is 311 g/mol. The molecule has 21 heavy (non-hydrogen) atoms. The molecule has 0 fully saturated rings. The van der Waals surface area contributed by atoms with E-state index in [2.05, 4.69) is 18.7 Å². The number of carboxylic acids is 1. The van der Waals surface area contributed by atoms with Crippen LogP contribution in [0.1, 0.15) is 25.8 Å². The molecule has 1 atom stereocenters. The van der Waals surface area contributed by atoms with E-state index in [4.69, 9.17) is 21.4 Å². The summed E-state index contributed by atoms with van der Waals surface area (Å²) in [5, 5.41) is 9.37. The van der Waals surface area contributed by atoms with E-state index in [9.17, 15) is 4.79 Å². The predicted molar refractivity (Wildman–Crippen MR) is 87.1 cm³/mol. The summed E-state index contributed by atoms with van der Waals surface area (Å²) in [6, 6.07) is 5.89. The summed E-state index contributed by atoms with van der Waals surface area (Å²) < 4.78 is 5.17. The summed E-state index contributed by atoms with van der Waals surface area (Å²) in [7, 11) is 1.66. The van der Waals surface area contributed by atoms with Gasteiger partial charge in [0, 0.05) is 42.0 Å². The molecule has 0 aliphatic carbocycles. The third kappa shape index (κ3) is 5.06. The molecule has 1 unspecified atom stereocenters. The van der Waals surface area contributed by atoms with Crippen molar-refractivity contribution in [3.63, 3.8) is 0 Å². The fourth-order valence-electron chi connectivity index (χ4n) is 2.08. The Balaban J connectivity index is 3.23. The lowest BCUT2D eigenvalue weighted by Gasteiger charge is -2.32. The number of aliphatic carboxylic acids is 1. The first-order chi connectivity index (χ1) is 10.0. The highest BCUT2D eigenvalue weighted by atomic mass is 35.5. The van der Waals surface area contributed by atoms with Crippen molar-refractivity contribution >= 4 is 29.3 Å². The SMILES string of the molecule is CCC(C)N(CCOC)c1cccc(Cl)c1C=CC(=O)O. The van der Waals surface area contributed by atoms with Gasteiger partial charge in [0.25, 0.3) is 0 Å². The number of methoxy groups -OCH3 is 1. The smallest absolute Gasteiger partial charge is 0.328 e. The van der Waals surface area contributed by atoms with Crippen LogP contribution in [0.2, 0.25) is 5.02 Å². The normalized spacial score (nSPS) is 12.6. The molecule has 0 aromatic heterocycles. The molecule has 1 aromatic rings. The number of ether oxygens (including phenoxy) is 1. The molecule has 0 spiro atoms. The number of benzene rings is 1. The standard InChI is InChI=1S/C16H22ClNO3/c1-4-12(2)18(10-11-21-3)15-7-5-6-14(17)13(15)8-9-16(19)20/h5-9,12H,4,10-11H2,1-3H3,(H,19,20). The zero-order chi connectivity index (χ0) is 15.8. The first-order valence-corrected chi connectivity index (χ1v) is 7.34. The lowest BCUT2D eigenvalue weighted by atomic mass is 10.1. The van der Waals surface area contributed by atoms with Crippen LogP contribution in [-0.2, 0) is 9.53 Å². The molecule has 5 heteroatoms. The Morgan fingerprint density at radius 3 is 2.81 bits per heavy atom. The van der Waals surface area contributed by atoms with Gasteiger partial charge in [-0.25, -0.2) is 4.79 Å². The van der Waals surface area contributed by atoms with Gasteiger partial charge in [0.05, 0.1) is 6.61 Å². The lowest BCUT2D eigenvalue weighted by molar-refractivity contribution is -0.131. The Morgan fingerprint density at radius 2 is 2.24 bits per heavy atom. The molecule has 116 valence electrons. The van der Waals surface area contributed by atoms with Gasteiger partial charge in [-0.05, 0) is 31.6 Å². The van der Waals surface area contributed by atoms with Crippen LogP contribution in [-0.4, -0.2) is 37.4 Å². The van der Waals surface area contributed by atoms with Crippen LogP contribution in [0.4, 0.5) is 5.69 Å². The van der Waals surface area contributed by atoms with E-state index in [0.717, 1.165) is 30.3 Å². The molecule has 0 aliphatic rings. The maximum atomic E-state index is 10.8. The van der Waals surface area contributed by atoms with E-state index in [-0.39, 0.29) is 0 Å². The van der Waals surface area contributed by atoms with Gasteiger partial charge in [0.1, 0.15) is 0 Å². The lowest BCUT2D eigenvalue weighted by Crippen LogP contribution is -2.36. The summed E-state index contributed by atoms with van der Waals surface area (Å²) in [6.07, 6.45) is 3.62. The minimum absolute atomic E-state index is 0.301. The molecule has 0 amide bonds. The topological polar surface area (TPSA) is 49.8 Å². The van der Waals surface area contributed by atoms with Gasteiger partial charge < -0.3 is 14.7 Å². The van der Waals surface area contributed by atoms with E-state index in [0.29, 0.717) is 17.7 Å². The second-order valence-corrected chi connectivity index (χ2v) is 5.19. The number of halogens is 1. The van der Waals surface area contributed by atoms with Gasteiger partial charge in [-0.15, -0.1) is 0 Å². The van der Waals surface area contributed by atoms with Crippen LogP contribution in [0, 0.1) is 0 Å². The fourth-order valence-corrected chi connectivity index (χ4v) is 2.32. The minimum Gasteiger partial charge on any atom is -0.478 e. The molecule has 0 saturated carbocycles. The van der Waals surface area contributed by atoms with Crippen molar-refractivity contribution in [2.24, 2.45) is 0 Å². The van der Waals surface area contributed by atoms with Crippen molar-refractivity contribution in [3.8, 4) is 0 Å². The van der Waals surface area contributed by atoms with Crippen molar-refractivity contribution in [3.05, 3.63) is 34.9 Å². The zero-order valence-electron chi connectivity index (χ0n) is 12.7. The fraction of sp³-hybridized carbons (Fsp3) is 0.438. The largest absolute Gasteiger partial charge is 0.478 e. The average molecular weight is 312 g/mol. The van der Waals surface area contributed by atoms with Gasteiger partial charge in [0.15, 0.2) is 0 Å². The summed E-state index contributed by atoms with van der Waals surface area (Å²) in [6.45, 7) is 5.56. The molecule has 0 aliphatic heterocycles. The van der Waals surface area contributed by atoms with Crippen molar-refractivity contribution in [1.29, 1.82) is 0 Å². The predicted octanol–water partition coefficient (Wildman–Crippen LogP) is 3.69. The Bertz CT molecular complexity index is 502. The third-order valence-corrected chi connectivity index (χ3v) is 3.72. The van der Waals surface area contributed by atoms with Crippen LogP contribution >= 0.6 is 11.6 Å². The summed E-state index contributed by atoms with van der Waals surface area (Å²) >= 11 is 6.24. The van der Waals surface area contributed by atoms with E-state index in [1.54, 1.807) is 19.3 Å². The van der Waals surface area contributed by atoms with Crippen LogP contribution in [0.15, 0.2) is 24.3 Å². The van der Waals surface area contributed by atoms with Crippen molar-refractivity contribution in [2.75, 3.05) is 25.2 Å². The van der Waals surface area contributed by atoms with Gasteiger partial charge in [-0.1, -0.05) is 24.6 Å². The Kier molecular flexibility index (Phi) is 7.26. The quantitative estimate of drug-likeness (QED) is 0.744. The van der Waals surface area contributed by atoms with E-state index in [1.165, 1.54) is 0 Å². The van der Waals surface area contributed by atoms with Crippen molar-refractivity contribution in [2.45, 2.75) is 26.3 Å². The summed E-state index contributed by atoms with van der Waals surface area (Å²) in [5.41, 5.74) is 1.64. The molecular formula is C16H22ClNO3. The summed E-state index contributed by atoms with van der Waals surface area (Å²) in [5.74, 6) is -0.993. The van der Waals surface area contributed by atoms with E-state index in [1.807, 2.05) is 12.1 Å². The second-order valence-electron chi connectivity index (χ2n) is 4.79. The van der Waals surface area contributed by atoms with Gasteiger partial charge in [-0.2, -0.15) is 0 Å². The third-order valence-electron chi connectivity index (χ3n) is 3.39. The molecule has 0 radical (unpaired) electrons. The highest BCUT2D eigenvalue weighted by Gasteiger charge is 2.17. The number of anilines is 1. The molecule has 1 rings (SSSR count). The molecule has 4 nitrogen and oxygen atoms in total. The number of nitrogens with zero attached hydrogens (tertiary/aromatic N) is 1. The molecule has 1 aromatic carbocycles. The van der Waals surface area contributed by atoms with Crippen LogP contribution in [0.3, 0.4) is 0 Å². The number of carbonyl (C=O) groups is 1. The Morgan fingerprint density at radius 1 is 1.52 bits per heavy atom. The number of rotatable bonds is 8. The van der Waals surface area contributed by atoms with Gasteiger partial charge in [-0.3, -0.25) is 0 Å². The van der Waals surface area contributed by atoms with Gasteiger partial charge >= 0.3 is 5.97 Å². The second kappa shape index (κ2) is 8.70. The molecule has 0 saturated heterocycles. The molecular weight excluding hydrogens is 290 g/mol. The first kappa shape index (κ1) is 17.5. The number of hydrogen-bond acceptors (Lipinski definition) is 3. The molecule has 0 heterocycles. The first-order valence-electron chi connectivity index (χ1n) is 6.96. The van der Waals surface area contributed by atoms with Crippen LogP contribution < -0.4 is 4.90 Å². The van der Waals surface area contributed by atoms with Crippen molar-refractivity contribution in [1.82, 2.24) is 0 Å². The molecule has 0 bridgehead atoms. The zero-order valence-corrected chi connectivity index (χ0v) is 13.4. The van der Waals surface area contributed by atoms with Crippen molar-refractivity contribution < 1.29 is 14.6 Å². The van der Waals surface area contributed by atoms with Crippen LogP contribution in [0.25, 0.3) is 6.08 Å². The Labute approximate surface area is 131 Å². The average Bonchev–Trinajstić information content (AvgIpc) is 2.46. The van der Waals surface area contributed by atoms with E-state index < -0.39 is 5.97 Å². The maximum absolute atomic E-state index is 10.8. The maximum Gasteiger partial charge on any atom is 0.328 e. The van der Waals surface area contributed by atoms with E-state index >= 15 is 0 Å². The summed E-state index contributed by atoms with van der Waals surface area (Å²) in [4.78, 5) is 13.0. The van der Waals surface area contributed by atoms with Crippen LogP contribution in [0.5, 0.6) is 0 Å². The van der Waals surface area contributed by atoms with Gasteiger partial charge in [0.2, 0.25) is 0 Å². The number of carboxylic acid groups (broad SMARTS) is 1. The highest BCUT2D eigenvalue weighted by molar-refractivity contribution is 6.32. The minimum atomic E-state index is -0.993. The highest BCUT2D eigenvalue weighted by Crippen LogP contribution is 2.30. The Hall–Kier alpha value is -1.52.